The molecule has 4 N–H and O–H groups in total. The van der Waals surface area contributed by atoms with Crippen LogP contribution >= 0.6 is 0 Å². The zero-order valence-electron chi connectivity index (χ0n) is 11.8. The normalized spacial score (nSPS) is 11.3. The molecule has 0 aromatic rings. The van der Waals surface area contributed by atoms with Crippen LogP contribution in [0.15, 0.2) is 0 Å². The van der Waals surface area contributed by atoms with Gasteiger partial charge < -0.3 is 21.3 Å². The third-order valence-corrected chi connectivity index (χ3v) is 2.83. The van der Waals surface area contributed by atoms with Crippen LogP contribution in [-0.2, 0) is 0 Å². The number of rotatable bonds is 13. The molecule has 0 bridgehead atoms. The zero-order chi connectivity index (χ0) is 12.8. The van der Waals surface area contributed by atoms with Gasteiger partial charge in [0, 0.05) is 0 Å². The first kappa shape index (κ1) is 16.8. The molecule has 0 spiro atoms. The summed E-state index contributed by atoms with van der Waals surface area (Å²) in [4.78, 5) is 2.54. The lowest BCUT2D eigenvalue weighted by Crippen LogP contribution is -2.32. The van der Waals surface area contributed by atoms with Crippen molar-refractivity contribution in [1.29, 1.82) is 0 Å². The highest BCUT2D eigenvalue weighted by Crippen LogP contribution is 1.95. The first-order chi connectivity index (χ1) is 8.35. The molecule has 104 valence electrons. The molecule has 0 heterocycles. The number of hydrogen-bond acceptors (Lipinski definition) is 4. The molecule has 0 atom stereocenters. The van der Waals surface area contributed by atoms with E-state index in [4.69, 9.17) is 5.73 Å². The number of hydrogen-bond donors (Lipinski definition) is 3. The average molecular weight is 244 g/mol. The Morgan fingerprint density at radius 3 is 1.71 bits per heavy atom. The van der Waals surface area contributed by atoms with Crippen LogP contribution in [0.25, 0.3) is 0 Å². The topological polar surface area (TPSA) is 53.3 Å². The van der Waals surface area contributed by atoms with Crippen molar-refractivity contribution >= 4 is 0 Å². The lowest BCUT2D eigenvalue weighted by Gasteiger charge is -2.22. The van der Waals surface area contributed by atoms with Gasteiger partial charge in [-0.1, -0.05) is 13.8 Å². The quantitative estimate of drug-likeness (QED) is 0.416. The van der Waals surface area contributed by atoms with Gasteiger partial charge in [0.05, 0.1) is 0 Å². The molecule has 0 aliphatic carbocycles. The van der Waals surface area contributed by atoms with Crippen LogP contribution in [0, 0.1) is 0 Å². The highest BCUT2D eigenvalue weighted by molar-refractivity contribution is 4.61. The molecule has 0 radical (unpaired) electrons. The molecule has 0 unspecified atom stereocenters. The molecule has 0 aliphatic rings. The summed E-state index contributed by atoms with van der Waals surface area (Å²) in [6.07, 6.45) is 3.58. The van der Waals surface area contributed by atoms with Gasteiger partial charge in [0.1, 0.15) is 0 Å². The van der Waals surface area contributed by atoms with Crippen molar-refractivity contribution in [2.24, 2.45) is 5.73 Å². The van der Waals surface area contributed by atoms with E-state index in [0.717, 1.165) is 45.7 Å². The Morgan fingerprint density at radius 1 is 0.824 bits per heavy atom. The van der Waals surface area contributed by atoms with Crippen LogP contribution in [-0.4, -0.2) is 57.3 Å². The predicted molar refractivity (Wildman–Crippen MR) is 76.4 cm³/mol. The summed E-state index contributed by atoms with van der Waals surface area (Å²) in [7, 11) is 0. The largest absolute Gasteiger partial charge is 0.330 e. The van der Waals surface area contributed by atoms with Crippen LogP contribution in [0.1, 0.15) is 33.1 Å². The summed E-state index contributed by atoms with van der Waals surface area (Å²) in [5.41, 5.74) is 5.58. The van der Waals surface area contributed by atoms with E-state index in [2.05, 4.69) is 29.4 Å². The summed E-state index contributed by atoms with van der Waals surface area (Å²) in [6, 6.07) is 0. The van der Waals surface area contributed by atoms with Gasteiger partial charge in [-0.25, -0.2) is 0 Å². The summed E-state index contributed by atoms with van der Waals surface area (Å²) >= 11 is 0. The van der Waals surface area contributed by atoms with Crippen molar-refractivity contribution in [2.45, 2.75) is 33.1 Å². The van der Waals surface area contributed by atoms with Crippen molar-refractivity contribution in [1.82, 2.24) is 15.5 Å². The summed E-state index contributed by atoms with van der Waals surface area (Å²) in [6.45, 7) is 13.0. The Hall–Kier alpha value is -0.160. The fourth-order valence-electron chi connectivity index (χ4n) is 1.86. The number of nitrogens with one attached hydrogen (secondary N) is 2. The van der Waals surface area contributed by atoms with Gasteiger partial charge >= 0.3 is 0 Å². The first-order valence-corrected chi connectivity index (χ1v) is 7.19. The molecule has 0 aromatic carbocycles. The minimum atomic E-state index is 0.802. The van der Waals surface area contributed by atoms with Crippen molar-refractivity contribution < 1.29 is 0 Å². The van der Waals surface area contributed by atoms with E-state index < -0.39 is 0 Å². The molecule has 0 fully saturated rings. The average Bonchev–Trinajstić information content (AvgIpc) is 2.35. The Kier molecular flexibility index (Phi) is 13.8. The highest BCUT2D eigenvalue weighted by Gasteiger charge is 2.03. The van der Waals surface area contributed by atoms with E-state index in [0.29, 0.717) is 0 Å². The molecule has 0 amide bonds. The third kappa shape index (κ3) is 12.1. The minimum absolute atomic E-state index is 0.802. The lowest BCUT2D eigenvalue weighted by atomic mass is 10.3. The van der Waals surface area contributed by atoms with Crippen LogP contribution < -0.4 is 16.4 Å². The molecule has 0 saturated heterocycles. The smallest absolute Gasteiger partial charge is 0.000662 e. The molecule has 17 heavy (non-hydrogen) atoms. The van der Waals surface area contributed by atoms with Gasteiger partial charge in [0.15, 0.2) is 0 Å². The summed E-state index contributed by atoms with van der Waals surface area (Å²) in [5.74, 6) is 0. The molecule has 4 nitrogen and oxygen atoms in total. The van der Waals surface area contributed by atoms with Crippen molar-refractivity contribution in [2.75, 3.05) is 52.4 Å². The fraction of sp³-hybridized carbons (Fsp3) is 1.00. The Balaban J connectivity index is 3.56. The molecule has 0 aromatic heterocycles. The van der Waals surface area contributed by atoms with Gasteiger partial charge in [0.25, 0.3) is 0 Å². The standard InChI is InChI=1S/C13H32N4/c1-3-15-9-6-12-17(11-5-8-14)13-7-10-16-4-2/h15-16H,3-14H2,1-2H3. The maximum atomic E-state index is 5.58. The minimum Gasteiger partial charge on any atom is -0.330 e. The van der Waals surface area contributed by atoms with Crippen LogP contribution in [0.5, 0.6) is 0 Å². The van der Waals surface area contributed by atoms with Crippen LogP contribution in [0.2, 0.25) is 0 Å². The number of nitrogens with zero attached hydrogens (tertiary/aromatic N) is 1. The SMILES string of the molecule is CCNCCCN(CCCN)CCCNCC. The Labute approximate surface area is 107 Å². The second-order valence-corrected chi connectivity index (χ2v) is 4.40. The van der Waals surface area contributed by atoms with Crippen LogP contribution in [0.3, 0.4) is 0 Å². The first-order valence-electron chi connectivity index (χ1n) is 7.19. The van der Waals surface area contributed by atoms with Gasteiger partial charge in [-0.3, -0.25) is 0 Å². The molecular weight excluding hydrogens is 212 g/mol. The van der Waals surface area contributed by atoms with Crippen molar-refractivity contribution in [3.63, 3.8) is 0 Å². The van der Waals surface area contributed by atoms with E-state index in [1.807, 2.05) is 0 Å². The van der Waals surface area contributed by atoms with E-state index in [1.54, 1.807) is 0 Å². The second kappa shape index (κ2) is 13.9. The molecule has 4 heteroatoms. The maximum absolute atomic E-state index is 5.58. The molecule has 0 saturated carbocycles. The summed E-state index contributed by atoms with van der Waals surface area (Å²) < 4.78 is 0. The molecular formula is C13H32N4. The Morgan fingerprint density at radius 2 is 1.29 bits per heavy atom. The summed E-state index contributed by atoms with van der Waals surface area (Å²) in [5, 5.41) is 6.74. The molecule has 0 rings (SSSR count). The highest BCUT2D eigenvalue weighted by atomic mass is 15.1. The Bertz CT molecular complexity index is 129. The fourth-order valence-corrected chi connectivity index (χ4v) is 1.86. The lowest BCUT2D eigenvalue weighted by molar-refractivity contribution is 0.263. The third-order valence-electron chi connectivity index (χ3n) is 2.83. The monoisotopic (exact) mass is 244 g/mol. The van der Waals surface area contributed by atoms with Crippen molar-refractivity contribution in [3.05, 3.63) is 0 Å². The van der Waals surface area contributed by atoms with Gasteiger partial charge in [-0.05, 0) is 71.6 Å². The zero-order valence-corrected chi connectivity index (χ0v) is 11.8. The van der Waals surface area contributed by atoms with E-state index in [-0.39, 0.29) is 0 Å². The van der Waals surface area contributed by atoms with Gasteiger partial charge in [0.2, 0.25) is 0 Å². The van der Waals surface area contributed by atoms with E-state index in [1.165, 1.54) is 25.9 Å². The van der Waals surface area contributed by atoms with Crippen molar-refractivity contribution in [3.8, 4) is 0 Å². The van der Waals surface area contributed by atoms with Crippen LogP contribution in [0.4, 0.5) is 0 Å². The predicted octanol–water partition coefficient (Wildman–Crippen LogP) is 0.636. The second-order valence-electron chi connectivity index (χ2n) is 4.40. The molecule has 0 aliphatic heterocycles. The van der Waals surface area contributed by atoms with E-state index >= 15 is 0 Å². The van der Waals surface area contributed by atoms with E-state index in [9.17, 15) is 0 Å². The van der Waals surface area contributed by atoms with Gasteiger partial charge in [-0.2, -0.15) is 0 Å². The maximum Gasteiger partial charge on any atom is -0.000662 e. The van der Waals surface area contributed by atoms with Gasteiger partial charge in [-0.15, -0.1) is 0 Å². The number of nitrogens with two attached hydrogens (primary N) is 1.